The molecule has 2 aromatic heterocycles. The van der Waals surface area contributed by atoms with Gasteiger partial charge in [0.05, 0.1) is 33.2 Å². The van der Waals surface area contributed by atoms with Crippen molar-refractivity contribution in [3.63, 3.8) is 0 Å². The van der Waals surface area contributed by atoms with Crippen molar-refractivity contribution < 1.29 is 9.59 Å². The number of rotatable bonds is 3. The van der Waals surface area contributed by atoms with Crippen LogP contribution in [0.3, 0.4) is 0 Å². The number of aromatic nitrogens is 2. The number of pyridine rings is 1. The van der Waals surface area contributed by atoms with Crippen molar-refractivity contribution >= 4 is 44.9 Å². The van der Waals surface area contributed by atoms with E-state index in [1.54, 1.807) is 22.3 Å². The average molecular weight is 507 g/mol. The fourth-order valence-corrected chi connectivity index (χ4v) is 6.41. The summed E-state index contributed by atoms with van der Waals surface area (Å²) in [5.41, 5.74) is 9.03. The molecule has 4 heterocycles. The van der Waals surface area contributed by atoms with Gasteiger partial charge in [-0.25, -0.2) is 9.97 Å². The number of fused-ring (bicyclic) bond motifs is 1. The molecule has 0 bridgehead atoms. The van der Waals surface area contributed by atoms with Gasteiger partial charge in [0.1, 0.15) is 5.82 Å². The first-order valence-corrected chi connectivity index (χ1v) is 13.5. The summed E-state index contributed by atoms with van der Waals surface area (Å²) < 4.78 is 1.18. The minimum Gasteiger partial charge on any atom is -0.383 e. The van der Waals surface area contributed by atoms with Crippen LogP contribution >= 0.6 is 11.3 Å². The summed E-state index contributed by atoms with van der Waals surface area (Å²) in [6.07, 6.45) is 5.59. The normalized spacial score (nSPS) is 21.6. The van der Waals surface area contributed by atoms with Crippen molar-refractivity contribution in [3.05, 3.63) is 46.6 Å². The van der Waals surface area contributed by atoms with Gasteiger partial charge in [-0.3, -0.25) is 9.59 Å². The Bertz CT molecular complexity index is 1280. The summed E-state index contributed by atoms with van der Waals surface area (Å²) in [4.78, 5) is 39.5. The highest BCUT2D eigenvalue weighted by Crippen LogP contribution is 2.38. The fraction of sp³-hybridized carbons (Fsp3) is 0.481. The molecule has 2 amide bonds. The van der Waals surface area contributed by atoms with E-state index in [1.165, 1.54) is 15.9 Å². The van der Waals surface area contributed by atoms with Crippen LogP contribution in [-0.2, 0) is 9.59 Å². The smallest absolute Gasteiger partial charge is 0.313 e. The molecule has 3 N–H and O–H groups in total. The van der Waals surface area contributed by atoms with E-state index >= 15 is 0 Å². The maximum atomic E-state index is 13.3. The number of anilines is 2. The van der Waals surface area contributed by atoms with Gasteiger partial charge in [-0.2, -0.15) is 0 Å². The number of nitrogens with two attached hydrogens (primary N) is 1. The Kier molecular flexibility index (Phi) is 6.94. The first-order valence-electron chi connectivity index (χ1n) is 12.7. The van der Waals surface area contributed by atoms with E-state index in [2.05, 4.69) is 47.4 Å². The average Bonchev–Trinajstić information content (AvgIpc) is 3.29. The summed E-state index contributed by atoms with van der Waals surface area (Å²) in [6, 6.07) is 7.93. The highest BCUT2D eigenvalue weighted by molar-refractivity contribution is 7.18. The van der Waals surface area contributed by atoms with Crippen molar-refractivity contribution in [2.75, 3.05) is 37.7 Å². The molecule has 0 radical (unpaired) electrons. The first kappa shape index (κ1) is 24.6. The van der Waals surface area contributed by atoms with Crippen molar-refractivity contribution in [2.45, 2.75) is 51.5 Å². The predicted octanol–water partition coefficient (Wildman–Crippen LogP) is 4.33. The van der Waals surface area contributed by atoms with E-state index in [9.17, 15) is 9.59 Å². The topological polar surface area (TPSA) is 104 Å². The highest BCUT2D eigenvalue weighted by atomic mass is 32.1. The van der Waals surface area contributed by atoms with Gasteiger partial charge in [0, 0.05) is 12.5 Å². The third kappa shape index (κ3) is 5.08. The van der Waals surface area contributed by atoms with Gasteiger partial charge < -0.3 is 20.9 Å². The molecule has 3 aromatic rings. The molecule has 5 rings (SSSR count). The van der Waals surface area contributed by atoms with Gasteiger partial charge in [-0.15, -0.1) is 11.3 Å². The third-order valence-electron chi connectivity index (χ3n) is 7.53. The second kappa shape index (κ2) is 10.1. The van der Waals surface area contributed by atoms with Crippen LogP contribution in [-0.4, -0.2) is 58.3 Å². The molecule has 8 nitrogen and oxygen atoms in total. The SMILES string of the molecule is Cc1cc(NC(=O)C(=O)N2C[C@@H](C)CC[C@@H]2c2ccc3sc(C4CCN(C)CC4)nc3c2)cnc1N. The zero-order valence-electron chi connectivity index (χ0n) is 21.2. The minimum absolute atomic E-state index is 0.149. The summed E-state index contributed by atoms with van der Waals surface area (Å²) in [5, 5.41) is 3.92. The van der Waals surface area contributed by atoms with Gasteiger partial charge in [-0.05, 0) is 88.0 Å². The number of nitrogens with zero attached hydrogens (tertiary/aromatic N) is 4. The molecular weight excluding hydrogens is 472 g/mol. The van der Waals surface area contributed by atoms with Gasteiger partial charge in [-0.1, -0.05) is 13.0 Å². The number of benzene rings is 1. The molecule has 36 heavy (non-hydrogen) atoms. The zero-order chi connectivity index (χ0) is 25.4. The van der Waals surface area contributed by atoms with E-state index in [1.807, 2.05) is 6.92 Å². The Morgan fingerprint density at radius 3 is 2.67 bits per heavy atom. The molecule has 1 aromatic carbocycles. The van der Waals surface area contributed by atoms with Crippen molar-refractivity contribution in [2.24, 2.45) is 5.92 Å². The number of hydrogen-bond donors (Lipinski definition) is 2. The number of thiazole rings is 1. The number of carbonyl (C=O) groups is 2. The standard InChI is InChI=1S/C27H34N6O2S/c1-16-4-6-22(33(15-16)27(35)25(34)30-20-12-17(2)24(28)29-14-20)19-5-7-23-21(13-19)31-26(36-23)18-8-10-32(3)11-9-18/h5,7,12-14,16,18,22H,4,6,8-11,15H2,1-3H3,(H2,28,29)(H,30,34)/t16-,22+/m0/s1. The monoisotopic (exact) mass is 506 g/mol. The van der Waals surface area contributed by atoms with Gasteiger partial charge in [0.25, 0.3) is 0 Å². The second-order valence-electron chi connectivity index (χ2n) is 10.4. The van der Waals surface area contributed by atoms with Crippen LogP contribution in [0.4, 0.5) is 11.5 Å². The quantitative estimate of drug-likeness (QED) is 0.513. The molecule has 0 unspecified atom stereocenters. The minimum atomic E-state index is -0.653. The van der Waals surface area contributed by atoms with Crippen molar-refractivity contribution in [1.29, 1.82) is 0 Å². The summed E-state index contributed by atoms with van der Waals surface area (Å²) in [7, 11) is 2.17. The molecule has 190 valence electrons. The molecule has 0 saturated carbocycles. The van der Waals surface area contributed by atoms with Gasteiger partial charge >= 0.3 is 11.8 Å². The molecule has 2 aliphatic rings. The number of carbonyl (C=O) groups excluding carboxylic acids is 2. The Morgan fingerprint density at radius 1 is 1.14 bits per heavy atom. The van der Waals surface area contributed by atoms with E-state index in [0.29, 0.717) is 29.9 Å². The van der Waals surface area contributed by atoms with Crippen LogP contribution in [0.2, 0.25) is 0 Å². The third-order valence-corrected chi connectivity index (χ3v) is 8.73. The van der Waals surface area contributed by atoms with E-state index < -0.39 is 11.8 Å². The van der Waals surface area contributed by atoms with Crippen molar-refractivity contribution in [1.82, 2.24) is 19.8 Å². The number of piperidine rings is 2. The maximum absolute atomic E-state index is 13.3. The van der Waals surface area contributed by atoms with Crippen LogP contribution < -0.4 is 11.1 Å². The molecule has 9 heteroatoms. The van der Waals surface area contributed by atoms with Crippen LogP contribution in [0.25, 0.3) is 10.2 Å². The van der Waals surface area contributed by atoms with E-state index in [4.69, 9.17) is 10.7 Å². The number of likely N-dealkylation sites (tertiary alicyclic amines) is 2. The Hall–Kier alpha value is -3.04. The molecule has 0 aliphatic carbocycles. The Labute approximate surface area is 215 Å². The lowest BCUT2D eigenvalue weighted by Crippen LogP contribution is -2.46. The number of nitrogens with one attached hydrogen (secondary N) is 1. The number of nitrogen functional groups attached to an aromatic ring is 1. The zero-order valence-corrected chi connectivity index (χ0v) is 22.0. The first-order chi connectivity index (χ1) is 17.3. The molecule has 0 spiro atoms. The lowest BCUT2D eigenvalue weighted by molar-refractivity contribution is -0.146. The van der Waals surface area contributed by atoms with Crippen LogP contribution in [0.15, 0.2) is 30.5 Å². The second-order valence-corrected chi connectivity index (χ2v) is 11.5. The van der Waals surface area contributed by atoms with Crippen LogP contribution in [0, 0.1) is 12.8 Å². The summed E-state index contributed by atoms with van der Waals surface area (Å²) in [5.74, 6) is 0.0784. The van der Waals surface area contributed by atoms with Crippen LogP contribution in [0.5, 0.6) is 0 Å². The Balaban J connectivity index is 1.36. The molecule has 2 fully saturated rings. The number of aryl methyl sites for hydroxylation is 1. The summed E-state index contributed by atoms with van der Waals surface area (Å²) >= 11 is 1.79. The highest BCUT2D eigenvalue weighted by Gasteiger charge is 2.34. The molecule has 2 atom stereocenters. The lowest BCUT2D eigenvalue weighted by Gasteiger charge is -2.38. The molecule has 2 saturated heterocycles. The fourth-order valence-electron chi connectivity index (χ4n) is 5.29. The maximum Gasteiger partial charge on any atom is 0.313 e. The van der Waals surface area contributed by atoms with Gasteiger partial charge in [0.15, 0.2) is 0 Å². The largest absolute Gasteiger partial charge is 0.383 e. The number of hydrogen-bond acceptors (Lipinski definition) is 7. The van der Waals surface area contributed by atoms with Gasteiger partial charge in [0.2, 0.25) is 0 Å². The van der Waals surface area contributed by atoms with Crippen molar-refractivity contribution in [3.8, 4) is 0 Å². The molecular formula is C27H34N6O2S. The van der Waals surface area contributed by atoms with E-state index in [0.717, 1.165) is 55.4 Å². The predicted molar refractivity (Wildman–Crippen MR) is 144 cm³/mol. The molecule has 2 aliphatic heterocycles. The Morgan fingerprint density at radius 2 is 1.92 bits per heavy atom. The lowest BCUT2D eigenvalue weighted by atomic mass is 9.89. The van der Waals surface area contributed by atoms with E-state index in [-0.39, 0.29) is 6.04 Å². The number of amides is 2. The van der Waals surface area contributed by atoms with Crippen LogP contribution in [0.1, 0.15) is 60.7 Å². The summed E-state index contributed by atoms with van der Waals surface area (Å²) in [6.45, 7) is 6.70.